The molecule has 0 saturated heterocycles. The van der Waals surface area contributed by atoms with Crippen LogP contribution >= 0.6 is 0 Å². The lowest BCUT2D eigenvalue weighted by molar-refractivity contribution is -0.116. The summed E-state index contributed by atoms with van der Waals surface area (Å²) in [6, 6.07) is 9.87. The summed E-state index contributed by atoms with van der Waals surface area (Å²) in [6.07, 6.45) is 7.89. The lowest BCUT2D eigenvalue weighted by Crippen LogP contribution is -2.25. The summed E-state index contributed by atoms with van der Waals surface area (Å²) in [5.41, 5.74) is 1.89. The Kier molecular flexibility index (Phi) is 5.91. The van der Waals surface area contributed by atoms with E-state index in [1.54, 1.807) is 23.0 Å². The molecule has 0 spiro atoms. The predicted molar refractivity (Wildman–Crippen MR) is 88.8 cm³/mol. The molecule has 1 N–H and O–H groups in total. The van der Waals surface area contributed by atoms with Crippen LogP contribution in [0.4, 0.5) is 0 Å². The quantitative estimate of drug-likeness (QED) is 0.628. The lowest BCUT2D eigenvalue weighted by atomic mass is 10.3. The minimum Gasteiger partial charge on any atom is -0.353 e. The molecular formula is C17H22N4O. The molecule has 0 aliphatic carbocycles. The van der Waals surface area contributed by atoms with Gasteiger partial charge in [0.1, 0.15) is 0 Å². The molecule has 0 unspecified atom stereocenters. The van der Waals surface area contributed by atoms with Gasteiger partial charge in [-0.2, -0.15) is 5.10 Å². The lowest BCUT2D eigenvalue weighted by Gasteiger charge is -2.08. The molecule has 0 aliphatic rings. The molecule has 5 nitrogen and oxygen atoms in total. The summed E-state index contributed by atoms with van der Waals surface area (Å²) in [6.45, 7) is 1.65. The molecule has 0 bridgehead atoms. The van der Waals surface area contributed by atoms with Crippen LogP contribution in [0.1, 0.15) is 12.0 Å². The van der Waals surface area contributed by atoms with E-state index >= 15 is 0 Å². The fourth-order valence-corrected chi connectivity index (χ4v) is 1.98. The van der Waals surface area contributed by atoms with Crippen molar-refractivity contribution in [1.29, 1.82) is 0 Å². The first-order chi connectivity index (χ1) is 10.6. The Hall–Kier alpha value is -2.40. The van der Waals surface area contributed by atoms with E-state index in [1.807, 2.05) is 50.6 Å². The predicted octanol–water partition coefficient (Wildman–Crippen LogP) is 1.95. The summed E-state index contributed by atoms with van der Waals surface area (Å²) in [4.78, 5) is 13.8. The summed E-state index contributed by atoms with van der Waals surface area (Å²) < 4.78 is 1.79. The van der Waals surface area contributed by atoms with Gasteiger partial charge in [0.25, 0.3) is 0 Å². The Morgan fingerprint density at radius 1 is 1.32 bits per heavy atom. The van der Waals surface area contributed by atoms with E-state index in [2.05, 4.69) is 15.3 Å². The Balaban J connectivity index is 1.83. The number of para-hydroxylation sites is 1. The van der Waals surface area contributed by atoms with E-state index in [1.165, 1.54) is 0 Å². The minimum absolute atomic E-state index is 0.0776. The number of rotatable bonds is 7. The molecule has 0 fully saturated rings. The summed E-state index contributed by atoms with van der Waals surface area (Å²) in [5.74, 6) is -0.0776. The maximum atomic E-state index is 11.7. The van der Waals surface area contributed by atoms with Crippen molar-refractivity contribution in [2.24, 2.45) is 0 Å². The van der Waals surface area contributed by atoms with Crippen molar-refractivity contribution in [1.82, 2.24) is 20.0 Å². The van der Waals surface area contributed by atoms with Crippen LogP contribution in [0.25, 0.3) is 11.8 Å². The van der Waals surface area contributed by atoms with Gasteiger partial charge in [0.15, 0.2) is 0 Å². The van der Waals surface area contributed by atoms with Crippen molar-refractivity contribution in [3.05, 3.63) is 54.4 Å². The zero-order valence-electron chi connectivity index (χ0n) is 13.1. The Labute approximate surface area is 131 Å². The second kappa shape index (κ2) is 8.14. The van der Waals surface area contributed by atoms with E-state index in [0.29, 0.717) is 6.54 Å². The Morgan fingerprint density at radius 2 is 2.09 bits per heavy atom. The SMILES string of the molecule is CN(C)CCCNC(=O)/C=C/c1cnn(-c2ccccc2)c1. The largest absolute Gasteiger partial charge is 0.353 e. The highest BCUT2D eigenvalue weighted by atomic mass is 16.1. The second-order valence-corrected chi connectivity index (χ2v) is 5.33. The maximum absolute atomic E-state index is 11.7. The monoisotopic (exact) mass is 298 g/mol. The second-order valence-electron chi connectivity index (χ2n) is 5.33. The molecular weight excluding hydrogens is 276 g/mol. The smallest absolute Gasteiger partial charge is 0.244 e. The number of carbonyl (C=O) groups excluding carboxylic acids is 1. The molecule has 1 amide bonds. The first-order valence-electron chi connectivity index (χ1n) is 7.36. The topological polar surface area (TPSA) is 50.2 Å². The molecule has 1 aromatic carbocycles. The number of carbonyl (C=O) groups is 1. The number of benzene rings is 1. The summed E-state index contributed by atoms with van der Waals surface area (Å²) in [7, 11) is 4.04. The highest BCUT2D eigenvalue weighted by Gasteiger charge is 1.99. The average molecular weight is 298 g/mol. The zero-order chi connectivity index (χ0) is 15.8. The van der Waals surface area contributed by atoms with Crippen LogP contribution in [0.2, 0.25) is 0 Å². The average Bonchev–Trinajstić information content (AvgIpc) is 2.99. The van der Waals surface area contributed by atoms with Crippen molar-refractivity contribution in [3.8, 4) is 5.69 Å². The molecule has 22 heavy (non-hydrogen) atoms. The van der Waals surface area contributed by atoms with Gasteiger partial charge in [0.2, 0.25) is 5.91 Å². The van der Waals surface area contributed by atoms with E-state index in [9.17, 15) is 4.79 Å². The molecule has 0 aliphatic heterocycles. The van der Waals surface area contributed by atoms with E-state index in [-0.39, 0.29) is 5.91 Å². The third-order valence-electron chi connectivity index (χ3n) is 3.13. The summed E-state index contributed by atoms with van der Waals surface area (Å²) in [5, 5.41) is 7.15. The molecule has 1 aromatic heterocycles. The van der Waals surface area contributed by atoms with Crippen molar-refractivity contribution in [3.63, 3.8) is 0 Å². The van der Waals surface area contributed by atoms with E-state index in [0.717, 1.165) is 24.2 Å². The molecule has 2 rings (SSSR count). The van der Waals surface area contributed by atoms with Crippen LogP contribution in [0.5, 0.6) is 0 Å². The van der Waals surface area contributed by atoms with Crippen molar-refractivity contribution >= 4 is 12.0 Å². The van der Waals surface area contributed by atoms with Gasteiger partial charge < -0.3 is 10.2 Å². The number of nitrogens with one attached hydrogen (secondary N) is 1. The Bertz CT molecular complexity index is 617. The molecule has 0 saturated carbocycles. The third-order valence-corrected chi connectivity index (χ3v) is 3.13. The molecule has 0 atom stereocenters. The van der Waals surface area contributed by atoms with Crippen LogP contribution in [-0.2, 0) is 4.79 Å². The van der Waals surface area contributed by atoms with Crippen LogP contribution in [0.15, 0.2) is 48.8 Å². The van der Waals surface area contributed by atoms with Crippen LogP contribution in [0.3, 0.4) is 0 Å². The van der Waals surface area contributed by atoms with Gasteiger partial charge in [-0.1, -0.05) is 18.2 Å². The standard InChI is InChI=1S/C17H22N4O/c1-20(2)12-6-11-18-17(22)10-9-15-13-19-21(14-15)16-7-4-3-5-8-16/h3-5,7-10,13-14H,6,11-12H2,1-2H3,(H,18,22)/b10-9+. The first kappa shape index (κ1) is 16.0. The van der Waals surface area contributed by atoms with Gasteiger partial charge in [-0.3, -0.25) is 4.79 Å². The minimum atomic E-state index is -0.0776. The highest BCUT2D eigenvalue weighted by Crippen LogP contribution is 2.08. The summed E-state index contributed by atoms with van der Waals surface area (Å²) >= 11 is 0. The fraction of sp³-hybridized carbons (Fsp3) is 0.294. The molecule has 116 valence electrons. The van der Waals surface area contributed by atoms with E-state index in [4.69, 9.17) is 0 Å². The number of hydrogen-bond acceptors (Lipinski definition) is 3. The van der Waals surface area contributed by atoms with Crippen LogP contribution in [0, 0.1) is 0 Å². The van der Waals surface area contributed by atoms with Crippen molar-refractivity contribution in [2.45, 2.75) is 6.42 Å². The number of hydrogen-bond donors (Lipinski definition) is 1. The van der Waals surface area contributed by atoms with Crippen LogP contribution < -0.4 is 5.32 Å². The Morgan fingerprint density at radius 3 is 2.82 bits per heavy atom. The number of nitrogens with zero attached hydrogens (tertiary/aromatic N) is 3. The zero-order valence-corrected chi connectivity index (χ0v) is 13.1. The van der Waals surface area contributed by atoms with Gasteiger partial charge in [-0.05, 0) is 45.3 Å². The third kappa shape index (κ3) is 5.18. The maximum Gasteiger partial charge on any atom is 0.244 e. The van der Waals surface area contributed by atoms with E-state index < -0.39 is 0 Å². The molecule has 0 radical (unpaired) electrons. The number of amides is 1. The first-order valence-corrected chi connectivity index (χ1v) is 7.36. The van der Waals surface area contributed by atoms with Crippen molar-refractivity contribution < 1.29 is 4.79 Å². The van der Waals surface area contributed by atoms with Gasteiger partial charge >= 0.3 is 0 Å². The van der Waals surface area contributed by atoms with Gasteiger partial charge in [-0.15, -0.1) is 0 Å². The molecule has 1 heterocycles. The van der Waals surface area contributed by atoms with Gasteiger partial charge in [0, 0.05) is 24.4 Å². The van der Waals surface area contributed by atoms with Gasteiger partial charge in [0.05, 0.1) is 11.9 Å². The molecule has 2 aromatic rings. The molecule has 5 heteroatoms. The van der Waals surface area contributed by atoms with Crippen LogP contribution in [-0.4, -0.2) is 47.8 Å². The van der Waals surface area contributed by atoms with Crippen molar-refractivity contribution in [2.75, 3.05) is 27.2 Å². The van der Waals surface area contributed by atoms with Gasteiger partial charge in [-0.25, -0.2) is 4.68 Å². The normalized spacial score (nSPS) is 11.2. The number of aromatic nitrogens is 2. The fourth-order valence-electron chi connectivity index (χ4n) is 1.98. The highest BCUT2D eigenvalue weighted by molar-refractivity contribution is 5.91.